The Balaban J connectivity index is 2.60. The summed E-state index contributed by atoms with van der Waals surface area (Å²) >= 11 is 0. The maximum Gasteiger partial charge on any atom is 0.403 e. The van der Waals surface area contributed by atoms with Gasteiger partial charge in [0.1, 0.15) is 6.04 Å². The number of amides is 1. The normalized spacial score (nSPS) is 26.6. The van der Waals surface area contributed by atoms with Gasteiger partial charge in [0.05, 0.1) is 7.11 Å². The second-order valence-electron chi connectivity index (χ2n) is 3.79. The van der Waals surface area contributed by atoms with Crippen LogP contribution in [0.2, 0.25) is 0 Å². The van der Waals surface area contributed by atoms with Crippen molar-refractivity contribution in [2.45, 2.75) is 25.1 Å². The first-order chi connectivity index (χ1) is 7.36. The number of alkyl halides is 3. The van der Waals surface area contributed by atoms with Gasteiger partial charge in [-0.2, -0.15) is 13.2 Å². The summed E-state index contributed by atoms with van der Waals surface area (Å²) < 4.78 is 37.3. The molecule has 0 aromatic heterocycles. The minimum absolute atomic E-state index is 0.193. The summed E-state index contributed by atoms with van der Waals surface area (Å²) in [5, 5.41) is 3.34. The standard InChI is InChI=1S/C9H15F3N2O2/c1-14(16-2)8(15)6-3-4-13-7(5-6)9(10,11)12/h6-7,13H,3-5H2,1-2H3. The van der Waals surface area contributed by atoms with Crippen molar-refractivity contribution in [1.82, 2.24) is 10.4 Å². The van der Waals surface area contributed by atoms with Crippen LogP contribution in [-0.2, 0) is 9.63 Å². The van der Waals surface area contributed by atoms with E-state index in [9.17, 15) is 18.0 Å². The number of nitrogens with zero attached hydrogens (tertiary/aromatic N) is 1. The second-order valence-corrected chi connectivity index (χ2v) is 3.79. The average Bonchev–Trinajstić information content (AvgIpc) is 2.26. The monoisotopic (exact) mass is 240 g/mol. The number of rotatable bonds is 2. The van der Waals surface area contributed by atoms with Crippen LogP contribution in [0.25, 0.3) is 0 Å². The van der Waals surface area contributed by atoms with Crippen LogP contribution >= 0.6 is 0 Å². The quantitative estimate of drug-likeness (QED) is 0.730. The molecular formula is C9H15F3N2O2. The molecule has 0 bridgehead atoms. The maximum atomic E-state index is 12.4. The number of halogens is 3. The lowest BCUT2D eigenvalue weighted by Gasteiger charge is -2.32. The molecule has 0 aromatic carbocycles. The molecule has 4 nitrogen and oxygen atoms in total. The lowest BCUT2D eigenvalue weighted by atomic mass is 9.91. The highest BCUT2D eigenvalue weighted by atomic mass is 19.4. The second kappa shape index (κ2) is 5.01. The van der Waals surface area contributed by atoms with Crippen LogP contribution in [0.4, 0.5) is 13.2 Å². The number of hydrogen-bond acceptors (Lipinski definition) is 3. The van der Waals surface area contributed by atoms with E-state index in [4.69, 9.17) is 0 Å². The van der Waals surface area contributed by atoms with Gasteiger partial charge in [-0.3, -0.25) is 9.63 Å². The Hall–Kier alpha value is -0.820. The van der Waals surface area contributed by atoms with Crippen molar-refractivity contribution in [3.8, 4) is 0 Å². The number of hydrogen-bond donors (Lipinski definition) is 1. The van der Waals surface area contributed by atoms with Crippen molar-refractivity contribution in [3.05, 3.63) is 0 Å². The van der Waals surface area contributed by atoms with Gasteiger partial charge < -0.3 is 5.32 Å². The van der Waals surface area contributed by atoms with Gasteiger partial charge in [-0.25, -0.2) is 5.06 Å². The summed E-state index contributed by atoms with van der Waals surface area (Å²) in [4.78, 5) is 16.3. The van der Waals surface area contributed by atoms with E-state index >= 15 is 0 Å². The van der Waals surface area contributed by atoms with Crippen molar-refractivity contribution in [2.24, 2.45) is 5.92 Å². The lowest BCUT2D eigenvalue weighted by molar-refractivity contribution is -0.182. The fourth-order valence-corrected chi connectivity index (χ4v) is 1.74. The smallest absolute Gasteiger partial charge is 0.306 e. The van der Waals surface area contributed by atoms with Crippen LogP contribution in [0.15, 0.2) is 0 Å². The zero-order valence-corrected chi connectivity index (χ0v) is 9.17. The third kappa shape index (κ3) is 3.08. The number of carbonyl (C=O) groups excluding carboxylic acids is 1. The van der Waals surface area contributed by atoms with Crippen LogP contribution < -0.4 is 5.32 Å². The minimum atomic E-state index is -4.30. The highest BCUT2D eigenvalue weighted by Gasteiger charge is 2.44. The summed E-state index contributed by atoms with van der Waals surface area (Å²) in [5.41, 5.74) is 0. The number of hydroxylamine groups is 2. The van der Waals surface area contributed by atoms with Gasteiger partial charge in [0.25, 0.3) is 0 Å². The number of nitrogens with one attached hydrogen (secondary N) is 1. The molecular weight excluding hydrogens is 225 g/mol. The predicted molar refractivity (Wildman–Crippen MR) is 50.3 cm³/mol. The molecule has 0 spiro atoms. The maximum absolute atomic E-state index is 12.4. The molecule has 2 unspecified atom stereocenters. The van der Waals surface area contributed by atoms with Gasteiger partial charge in [0, 0.05) is 13.0 Å². The molecule has 16 heavy (non-hydrogen) atoms. The largest absolute Gasteiger partial charge is 0.403 e. The van der Waals surface area contributed by atoms with E-state index in [0.717, 1.165) is 5.06 Å². The SMILES string of the molecule is CON(C)C(=O)C1CCNC(C(F)(F)F)C1. The van der Waals surface area contributed by atoms with E-state index in [1.165, 1.54) is 14.2 Å². The van der Waals surface area contributed by atoms with E-state index in [1.54, 1.807) is 0 Å². The summed E-state index contributed by atoms with van der Waals surface area (Å²) in [5.74, 6) is -1.03. The number of carbonyl (C=O) groups is 1. The molecule has 2 atom stereocenters. The summed E-state index contributed by atoms with van der Waals surface area (Å²) in [6.07, 6.45) is -4.13. The Morgan fingerprint density at radius 1 is 1.50 bits per heavy atom. The van der Waals surface area contributed by atoms with Gasteiger partial charge in [-0.15, -0.1) is 0 Å². The number of piperidine rings is 1. The Bertz CT molecular complexity index is 258. The Kier molecular flexibility index (Phi) is 4.15. The first-order valence-corrected chi connectivity index (χ1v) is 4.98. The van der Waals surface area contributed by atoms with Crippen molar-refractivity contribution in [3.63, 3.8) is 0 Å². The molecule has 0 radical (unpaired) electrons. The molecule has 0 aliphatic carbocycles. The lowest BCUT2D eigenvalue weighted by Crippen LogP contribution is -2.50. The van der Waals surface area contributed by atoms with Gasteiger partial charge >= 0.3 is 6.18 Å². The van der Waals surface area contributed by atoms with Crippen LogP contribution in [0.1, 0.15) is 12.8 Å². The Morgan fingerprint density at radius 3 is 2.62 bits per heavy atom. The van der Waals surface area contributed by atoms with Crippen LogP contribution in [-0.4, -0.2) is 43.9 Å². The van der Waals surface area contributed by atoms with Crippen molar-refractivity contribution < 1.29 is 22.8 Å². The average molecular weight is 240 g/mol. The highest BCUT2D eigenvalue weighted by molar-refractivity contribution is 5.77. The molecule has 94 valence electrons. The molecule has 1 heterocycles. The highest BCUT2D eigenvalue weighted by Crippen LogP contribution is 2.29. The summed E-state index contributed by atoms with van der Waals surface area (Å²) in [6, 6.07) is -1.60. The molecule has 1 rings (SSSR count). The van der Waals surface area contributed by atoms with E-state index in [2.05, 4.69) is 10.2 Å². The van der Waals surface area contributed by atoms with E-state index < -0.39 is 24.0 Å². The van der Waals surface area contributed by atoms with Gasteiger partial charge in [-0.05, 0) is 19.4 Å². The van der Waals surface area contributed by atoms with Gasteiger partial charge in [0.2, 0.25) is 5.91 Å². The summed E-state index contributed by atoms with van der Waals surface area (Å²) in [7, 11) is 2.70. The Labute approximate surface area is 91.7 Å². The predicted octanol–water partition coefficient (Wildman–Crippen LogP) is 0.937. The third-order valence-electron chi connectivity index (χ3n) is 2.73. The van der Waals surface area contributed by atoms with Crippen LogP contribution in [0.3, 0.4) is 0 Å². The molecule has 1 saturated heterocycles. The first kappa shape index (κ1) is 13.2. The van der Waals surface area contributed by atoms with E-state index in [0.29, 0.717) is 6.42 Å². The van der Waals surface area contributed by atoms with Crippen LogP contribution in [0.5, 0.6) is 0 Å². The fraction of sp³-hybridized carbons (Fsp3) is 0.889. The molecule has 1 fully saturated rings. The zero-order chi connectivity index (χ0) is 12.3. The molecule has 1 N–H and O–H groups in total. The minimum Gasteiger partial charge on any atom is -0.306 e. The molecule has 1 aliphatic heterocycles. The first-order valence-electron chi connectivity index (χ1n) is 4.98. The topological polar surface area (TPSA) is 41.6 Å². The van der Waals surface area contributed by atoms with Crippen molar-refractivity contribution in [1.29, 1.82) is 0 Å². The molecule has 0 saturated carbocycles. The molecule has 7 heteroatoms. The van der Waals surface area contributed by atoms with Crippen LogP contribution in [0, 0.1) is 5.92 Å². The van der Waals surface area contributed by atoms with Crippen molar-refractivity contribution >= 4 is 5.91 Å². The molecule has 1 amide bonds. The fourth-order valence-electron chi connectivity index (χ4n) is 1.74. The van der Waals surface area contributed by atoms with Gasteiger partial charge in [-0.1, -0.05) is 0 Å². The van der Waals surface area contributed by atoms with E-state index in [1.807, 2.05) is 0 Å². The van der Waals surface area contributed by atoms with Crippen molar-refractivity contribution in [2.75, 3.05) is 20.7 Å². The molecule has 1 aliphatic rings. The molecule has 0 aromatic rings. The summed E-state index contributed by atoms with van der Waals surface area (Å²) in [6.45, 7) is 0.193. The third-order valence-corrected chi connectivity index (χ3v) is 2.73. The van der Waals surface area contributed by atoms with E-state index in [-0.39, 0.29) is 13.0 Å². The Morgan fingerprint density at radius 2 is 2.12 bits per heavy atom. The zero-order valence-electron chi connectivity index (χ0n) is 9.17. The van der Waals surface area contributed by atoms with Gasteiger partial charge in [0.15, 0.2) is 0 Å².